The molecule has 4 aliphatic rings. The molecule has 1 unspecified atom stereocenters. The predicted molar refractivity (Wildman–Crippen MR) is 99.2 cm³/mol. The van der Waals surface area contributed by atoms with Gasteiger partial charge in [-0.1, -0.05) is 44.9 Å². The van der Waals surface area contributed by atoms with E-state index in [0.29, 0.717) is 16.2 Å². The van der Waals surface area contributed by atoms with Crippen LogP contribution in [0.15, 0.2) is 24.3 Å². The lowest BCUT2D eigenvalue weighted by molar-refractivity contribution is -0.0353. The second kappa shape index (κ2) is 5.24. The largest absolute Gasteiger partial charge is 0.103 e. The summed E-state index contributed by atoms with van der Waals surface area (Å²) in [7, 11) is 0. The molecule has 0 heterocycles. The average molecular weight is 313 g/mol. The number of fused-ring (bicyclic) bond motifs is 5. The summed E-state index contributed by atoms with van der Waals surface area (Å²) < 4.78 is 0. The predicted octanol–water partition coefficient (Wildman–Crippen LogP) is 6.92. The van der Waals surface area contributed by atoms with Crippen LogP contribution in [0.1, 0.15) is 85.0 Å². The van der Waals surface area contributed by atoms with E-state index >= 15 is 0 Å². The lowest BCUT2D eigenvalue weighted by atomic mass is 9.46. The van der Waals surface area contributed by atoms with Crippen LogP contribution in [0, 0.1) is 34.0 Å². The molecule has 128 valence electrons. The second-order valence-corrected chi connectivity index (χ2v) is 10.3. The Morgan fingerprint density at radius 2 is 1.91 bits per heavy atom. The van der Waals surface area contributed by atoms with Crippen LogP contribution in [0.4, 0.5) is 0 Å². The highest BCUT2D eigenvalue weighted by molar-refractivity contribution is 5.26. The van der Waals surface area contributed by atoms with E-state index in [4.69, 9.17) is 0 Å². The van der Waals surface area contributed by atoms with E-state index in [-0.39, 0.29) is 0 Å². The Morgan fingerprint density at radius 1 is 1.09 bits per heavy atom. The zero-order valence-electron chi connectivity index (χ0n) is 15.7. The van der Waals surface area contributed by atoms with Crippen LogP contribution >= 0.6 is 0 Å². The molecule has 0 spiro atoms. The maximum Gasteiger partial charge on any atom is -0.00849 e. The van der Waals surface area contributed by atoms with Crippen molar-refractivity contribution in [2.45, 2.75) is 85.0 Å². The molecule has 0 heteroatoms. The monoisotopic (exact) mass is 312 g/mol. The van der Waals surface area contributed by atoms with E-state index in [0.717, 1.165) is 17.8 Å². The molecule has 0 bridgehead atoms. The van der Waals surface area contributed by atoms with Crippen molar-refractivity contribution in [2.24, 2.45) is 34.0 Å². The van der Waals surface area contributed by atoms with E-state index in [1.165, 1.54) is 64.2 Å². The minimum atomic E-state index is 0.483. The van der Waals surface area contributed by atoms with Crippen LogP contribution in [-0.2, 0) is 0 Å². The lowest BCUT2D eigenvalue weighted by Gasteiger charge is -2.58. The lowest BCUT2D eigenvalue weighted by Crippen LogP contribution is -2.49. The van der Waals surface area contributed by atoms with Crippen molar-refractivity contribution >= 4 is 0 Å². The Kier molecular flexibility index (Phi) is 3.64. The maximum atomic E-state index is 4.01. The van der Waals surface area contributed by atoms with Crippen LogP contribution < -0.4 is 0 Å². The molecule has 4 rings (SSSR count). The molecular formula is C23H36. The van der Waals surface area contributed by atoms with Crippen molar-refractivity contribution in [3.8, 4) is 0 Å². The number of hydrogen-bond donors (Lipinski definition) is 0. The van der Waals surface area contributed by atoms with Crippen molar-refractivity contribution in [1.82, 2.24) is 0 Å². The summed E-state index contributed by atoms with van der Waals surface area (Å²) in [5.74, 6) is 3.00. The van der Waals surface area contributed by atoms with E-state index in [1.807, 2.05) is 5.57 Å². The molecule has 0 nitrogen and oxygen atoms in total. The molecule has 3 saturated carbocycles. The van der Waals surface area contributed by atoms with Crippen molar-refractivity contribution in [3.05, 3.63) is 24.3 Å². The number of rotatable bonds is 2. The molecule has 0 aromatic heterocycles. The fraction of sp³-hybridized carbons (Fsp3) is 0.826. The maximum absolute atomic E-state index is 4.01. The minimum absolute atomic E-state index is 0.483. The van der Waals surface area contributed by atoms with Gasteiger partial charge in [0.2, 0.25) is 0 Å². The van der Waals surface area contributed by atoms with Crippen LogP contribution in [0.5, 0.6) is 0 Å². The van der Waals surface area contributed by atoms with E-state index in [1.54, 1.807) is 0 Å². The first-order valence-electron chi connectivity index (χ1n) is 10.2. The molecule has 0 N–H and O–H groups in total. The topological polar surface area (TPSA) is 0 Å². The Hall–Kier alpha value is -0.520. The molecule has 0 radical (unpaired) electrons. The molecule has 6 atom stereocenters. The minimum Gasteiger partial charge on any atom is -0.103 e. The molecule has 0 amide bonds. The summed E-state index contributed by atoms with van der Waals surface area (Å²) in [6, 6.07) is 0. The zero-order chi connectivity index (χ0) is 16.3. The third-order valence-corrected chi connectivity index (χ3v) is 8.91. The molecular weight excluding hydrogens is 276 g/mol. The van der Waals surface area contributed by atoms with E-state index < -0.39 is 0 Å². The van der Waals surface area contributed by atoms with Crippen LogP contribution in [-0.4, -0.2) is 0 Å². The van der Waals surface area contributed by atoms with Crippen molar-refractivity contribution < 1.29 is 0 Å². The zero-order valence-corrected chi connectivity index (χ0v) is 15.7. The van der Waals surface area contributed by atoms with E-state index in [2.05, 4.69) is 39.5 Å². The van der Waals surface area contributed by atoms with Gasteiger partial charge in [0, 0.05) is 0 Å². The Labute approximate surface area is 143 Å². The molecule has 0 saturated heterocycles. The standard InChI is InChI=1S/C23H36/c1-5-11-21(2)14-15-23(4)17(16-21)8-9-18-19-7-6-12-22(19,3)13-10-20(18)23/h5,8,18-20H,1,6-7,9-16H2,2-4H3/t18-,19-,20-,21?,22-,23-/m0/s1. The number of hydrogen-bond acceptors (Lipinski definition) is 0. The highest BCUT2D eigenvalue weighted by atomic mass is 14.6. The fourth-order valence-electron chi connectivity index (χ4n) is 7.40. The van der Waals surface area contributed by atoms with Crippen molar-refractivity contribution in [2.75, 3.05) is 0 Å². The van der Waals surface area contributed by atoms with Gasteiger partial charge in [0.25, 0.3) is 0 Å². The van der Waals surface area contributed by atoms with E-state index in [9.17, 15) is 0 Å². The quantitative estimate of drug-likeness (QED) is 0.485. The Bertz CT molecular complexity index is 528. The third-order valence-electron chi connectivity index (χ3n) is 8.91. The molecule has 23 heavy (non-hydrogen) atoms. The Balaban J connectivity index is 1.63. The first-order valence-corrected chi connectivity index (χ1v) is 10.2. The molecule has 0 aromatic carbocycles. The van der Waals surface area contributed by atoms with Crippen LogP contribution in [0.25, 0.3) is 0 Å². The summed E-state index contributed by atoms with van der Waals surface area (Å²) in [5, 5.41) is 0. The Morgan fingerprint density at radius 3 is 2.70 bits per heavy atom. The normalized spacial score (nSPS) is 52.1. The average Bonchev–Trinajstić information content (AvgIpc) is 2.90. The molecule has 0 aliphatic heterocycles. The van der Waals surface area contributed by atoms with Gasteiger partial charge in [0.05, 0.1) is 0 Å². The van der Waals surface area contributed by atoms with Gasteiger partial charge in [0.1, 0.15) is 0 Å². The summed E-state index contributed by atoms with van der Waals surface area (Å²) in [4.78, 5) is 0. The highest BCUT2D eigenvalue weighted by Crippen LogP contribution is 2.66. The van der Waals surface area contributed by atoms with Gasteiger partial charge in [0.15, 0.2) is 0 Å². The number of allylic oxidation sites excluding steroid dienone is 3. The smallest absolute Gasteiger partial charge is 0.00849 e. The molecule has 3 fully saturated rings. The van der Waals surface area contributed by atoms with Crippen LogP contribution in [0.3, 0.4) is 0 Å². The van der Waals surface area contributed by atoms with Crippen molar-refractivity contribution in [3.63, 3.8) is 0 Å². The summed E-state index contributed by atoms with van der Waals surface area (Å²) in [6.07, 6.45) is 19.1. The second-order valence-electron chi connectivity index (χ2n) is 10.3. The summed E-state index contributed by atoms with van der Waals surface area (Å²) >= 11 is 0. The van der Waals surface area contributed by atoms with Gasteiger partial charge >= 0.3 is 0 Å². The fourth-order valence-corrected chi connectivity index (χ4v) is 7.40. The summed E-state index contributed by atoms with van der Waals surface area (Å²) in [6.45, 7) is 11.8. The first-order chi connectivity index (χ1) is 10.9. The van der Waals surface area contributed by atoms with Gasteiger partial charge < -0.3 is 0 Å². The van der Waals surface area contributed by atoms with Crippen LogP contribution in [0.2, 0.25) is 0 Å². The first kappa shape index (κ1) is 16.0. The molecule has 0 aromatic rings. The van der Waals surface area contributed by atoms with Gasteiger partial charge in [-0.25, -0.2) is 0 Å². The van der Waals surface area contributed by atoms with Gasteiger partial charge in [-0.05, 0) is 91.8 Å². The summed E-state index contributed by atoms with van der Waals surface area (Å²) in [5.41, 5.74) is 3.52. The SMILES string of the molecule is C=CCC1(C)CC[C@@]2(C)C(=CC[C@H]3[C@@H]4CCC[C@@]4(C)CC[C@@H]32)C1. The molecule has 4 aliphatic carbocycles. The van der Waals surface area contributed by atoms with Gasteiger partial charge in [-0.3, -0.25) is 0 Å². The van der Waals surface area contributed by atoms with Gasteiger partial charge in [-0.2, -0.15) is 0 Å². The highest BCUT2D eigenvalue weighted by Gasteiger charge is 2.56. The third kappa shape index (κ3) is 2.30. The van der Waals surface area contributed by atoms with Gasteiger partial charge in [-0.15, -0.1) is 6.58 Å². The van der Waals surface area contributed by atoms with Crippen molar-refractivity contribution in [1.29, 1.82) is 0 Å².